The number of benzene rings is 1. The van der Waals surface area contributed by atoms with E-state index in [9.17, 15) is 9.59 Å². The highest BCUT2D eigenvalue weighted by molar-refractivity contribution is 7.13. The highest BCUT2D eigenvalue weighted by atomic mass is 32.1. The third kappa shape index (κ3) is 3.88. The summed E-state index contributed by atoms with van der Waals surface area (Å²) in [4.78, 5) is 30.3. The molecule has 1 aromatic carbocycles. The van der Waals surface area contributed by atoms with E-state index in [1.165, 1.54) is 11.3 Å². The first-order valence-electron chi connectivity index (χ1n) is 8.02. The second-order valence-electron chi connectivity index (χ2n) is 5.84. The van der Waals surface area contributed by atoms with Gasteiger partial charge in [0, 0.05) is 30.1 Å². The van der Waals surface area contributed by atoms with Crippen LogP contribution in [0, 0.1) is 6.92 Å². The normalized spacial score (nSPS) is 16.5. The van der Waals surface area contributed by atoms with E-state index in [1.807, 2.05) is 12.3 Å². The number of amides is 3. The van der Waals surface area contributed by atoms with Crippen LogP contribution in [-0.2, 0) is 4.79 Å². The molecule has 0 unspecified atom stereocenters. The molecule has 0 bridgehead atoms. The lowest BCUT2D eigenvalue weighted by Gasteiger charge is -2.19. The topological polar surface area (TPSA) is 92.8 Å². The maximum absolute atomic E-state index is 12.4. The molecule has 3 amide bonds. The van der Waals surface area contributed by atoms with Gasteiger partial charge in [-0.15, -0.1) is 11.3 Å². The standard InChI is InChI=1S/C17H20N4O4S/c1-10-9-26-17(18-10)20-16(23)19-11-6-15(22)21(8-11)12-4-5-13(24-2)14(7-12)25-3/h4-5,7,9,11H,6,8H2,1-3H3,(H2,18,19,20,23)/t11-/m0/s1. The van der Waals surface area contributed by atoms with Gasteiger partial charge in [-0.25, -0.2) is 9.78 Å². The van der Waals surface area contributed by atoms with Gasteiger partial charge in [-0.3, -0.25) is 10.1 Å². The van der Waals surface area contributed by atoms with Crippen LogP contribution in [0.5, 0.6) is 11.5 Å². The first-order valence-corrected chi connectivity index (χ1v) is 8.90. The largest absolute Gasteiger partial charge is 0.493 e. The Hall–Kier alpha value is -2.81. The number of carbonyl (C=O) groups excluding carboxylic acids is 2. The Morgan fingerprint density at radius 1 is 1.31 bits per heavy atom. The van der Waals surface area contributed by atoms with Gasteiger partial charge in [0.25, 0.3) is 0 Å². The highest BCUT2D eigenvalue weighted by Crippen LogP contribution is 2.33. The summed E-state index contributed by atoms with van der Waals surface area (Å²) in [5.74, 6) is 1.08. The third-order valence-corrected chi connectivity index (χ3v) is 4.85. The molecule has 0 radical (unpaired) electrons. The molecule has 0 spiro atoms. The highest BCUT2D eigenvalue weighted by Gasteiger charge is 2.32. The lowest BCUT2D eigenvalue weighted by atomic mass is 10.2. The molecule has 1 aromatic heterocycles. The molecule has 2 N–H and O–H groups in total. The predicted molar refractivity (Wildman–Crippen MR) is 99.3 cm³/mol. The van der Waals surface area contributed by atoms with Crippen LogP contribution in [0.15, 0.2) is 23.6 Å². The number of carbonyl (C=O) groups is 2. The van der Waals surface area contributed by atoms with Gasteiger partial charge in [0.05, 0.1) is 26.0 Å². The number of hydrogen-bond donors (Lipinski definition) is 2. The van der Waals surface area contributed by atoms with Crippen LogP contribution in [0.2, 0.25) is 0 Å². The number of hydrogen-bond acceptors (Lipinski definition) is 6. The van der Waals surface area contributed by atoms with E-state index in [-0.39, 0.29) is 24.4 Å². The van der Waals surface area contributed by atoms with Crippen molar-refractivity contribution >= 4 is 34.1 Å². The van der Waals surface area contributed by atoms with Gasteiger partial charge < -0.3 is 19.7 Å². The van der Waals surface area contributed by atoms with Crippen LogP contribution in [0.4, 0.5) is 15.6 Å². The first kappa shape index (κ1) is 18.0. The summed E-state index contributed by atoms with van der Waals surface area (Å²) >= 11 is 1.36. The third-order valence-electron chi connectivity index (χ3n) is 3.98. The van der Waals surface area contributed by atoms with Crippen LogP contribution >= 0.6 is 11.3 Å². The number of ether oxygens (including phenoxy) is 2. The maximum atomic E-state index is 12.4. The number of nitrogens with one attached hydrogen (secondary N) is 2. The van der Waals surface area contributed by atoms with Gasteiger partial charge in [0.2, 0.25) is 5.91 Å². The van der Waals surface area contributed by atoms with E-state index < -0.39 is 0 Å². The lowest BCUT2D eigenvalue weighted by Crippen LogP contribution is -2.39. The van der Waals surface area contributed by atoms with Crippen LogP contribution in [0.25, 0.3) is 0 Å². The molecule has 1 saturated heterocycles. The number of rotatable bonds is 5. The maximum Gasteiger partial charge on any atom is 0.321 e. The van der Waals surface area contributed by atoms with Gasteiger partial charge in [-0.2, -0.15) is 0 Å². The van der Waals surface area contributed by atoms with E-state index in [0.717, 1.165) is 5.69 Å². The Morgan fingerprint density at radius 3 is 2.73 bits per heavy atom. The SMILES string of the molecule is COc1ccc(N2C[C@@H](NC(=O)Nc3nc(C)cs3)CC2=O)cc1OC. The number of nitrogens with zero attached hydrogens (tertiary/aromatic N) is 2. The van der Waals surface area contributed by atoms with Crippen LogP contribution < -0.4 is 25.0 Å². The summed E-state index contributed by atoms with van der Waals surface area (Å²) in [6.45, 7) is 2.24. The lowest BCUT2D eigenvalue weighted by molar-refractivity contribution is -0.117. The molecule has 0 aliphatic carbocycles. The van der Waals surface area contributed by atoms with Gasteiger partial charge in [-0.1, -0.05) is 0 Å². The second kappa shape index (κ2) is 7.61. The number of thiazole rings is 1. The van der Waals surface area contributed by atoms with Crippen LogP contribution in [0.1, 0.15) is 12.1 Å². The van der Waals surface area contributed by atoms with Crippen molar-refractivity contribution in [3.05, 3.63) is 29.3 Å². The molecular weight excluding hydrogens is 356 g/mol. The molecule has 8 nitrogen and oxygen atoms in total. The minimum atomic E-state index is -0.369. The fourth-order valence-electron chi connectivity index (χ4n) is 2.78. The molecule has 26 heavy (non-hydrogen) atoms. The van der Waals surface area contributed by atoms with Crippen molar-refractivity contribution in [2.24, 2.45) is 0 Å². The van der Waals surface area contributed by atoms with E-state index in [2.05, 4.69) is 15.6 Å². The molecule has 2 aromatic rings. The Labute approximate surface area is 155 Å². The van der Waals surface area contributed by atoms with Crippen molar-refractivity contribution in [3.63, 3.8) is 0 Å². The summed E-state index contributed by atoms with van der Waals surface area (Å²) in [5.41, 5.74) is 1.55. The van der Waals surface area contributed by atoms with Crippen molar-refractivity contribution < 1.29 is 19.1 Å². The number of aryl methyl sites for hydroxylation is 1. The molecular formula is C17H20N4O4S. The molecule has 1 atom stereocenters. The number of urea groups is 1. The Morgan fingerprint density at radius 2 is 2.08 bits per heavy atom. The number of aromatic nitrogens is 1. The van der Waals surface area contributed by atoms with Crippen molar-refractivity contribution in [1.82, 2.24) is 10.3 Å². The van der Waals surface area contributed by atoms with Crippen molar-refractivity contribution in [1.29, 1.82) is 0 Å². The van der Waals surface area contributed by atoms with Crippen LogP contribution in [0.3, 0.4) is 0 Å². The van der Waals surface area contributed by atoms with Crippen molar-refractivity contribution in [3.8, 4) is 11.5 Å². The Bertz CT molecular complexity index is 823. The monoisotopic (exact) mass is 376 g/mol. The number of methoxy groups -OCH3 is 2. The first-order chi connectivity index (χ1) is 12.5. The molecule has 2 heterocycles. The second-order valence-corrected chi connectivity index (χ2v) is 6.70. The fraction of sp³-hybridized carbons (Fsp3) is 0.353. The molecule has 3 rings (SSSR count). The Balaban J connectivity index is 1.64. The summed E-state index contributed by atoms with van der Waals surface area (Å²) < 4.78 is 10.5. The number of anilines is 2. The van der Waals surface area contributed by atoms with Gasteiger partial charge in [-0.05, 0) is 19.1 Å². The van der Waals surface area contributed by atoms with E-state index in [4.69, 9.17) is 9.47 Å². The molecule has 1 fully saturated rings. The average molecular weight is 376 g/mol. The zero-order chi connectivity index (χ0) is 18.7. The Kier molecular flexibility index (Phi) is 5.27. The van der Waals surface area contributed by atoms with E-state index >= 15 is 0 Å². The zero-order valence-electron chi connectivity index (χ0n) is 14.7. The van der Waals surface area contributed by atoms with Crippen molar-refractivity contribution in [2.75, 3.05) is 31.0 Å². The van der Waals surface area contributed by atoms with E-state index in [0.29, 0.717) is 28.9 Å². The molecule has 0 saturated carbocycles. The average Bonchev–Trinajstić information content (AvgIpc) is 3.19. The minimum Gasteiger partial charge on any atom is -0.493 e. The summed E-state index contributed by atoms with van der Waals surface area (Å²) in [6.07, 6.45) is 0.235. The quantitative estimate of drug-likeness (QED) is 0.836. The fourth-order valence-corrected chi connectivity index (χ4v) is 3.46. The molecule has 1 aliphatic rings. The molecule has 9 heteroatoms. The summed E-state index contributed by atoms with van der Waals surface area (Å²) in [5, 5.41) is 7.88. The predicted octanol–water partition coefficient (Wildman–Crippen LogP) is 2.40. The summed E-state index contributed by atoms with van der Waals surface area (Å²) in [6, 6.07) is 4.64. The van der Waals surface area contributed by atoms with E-state index in [1.54, 1.807) is 37.3 Å². The van der Waals surface area contributed by atoms with Gasteiger partial charge in [0.1, 0.15) is 0 Å². The smallest absolute Gasteiger partial charge is 0.321 e. The minimum absolute atomic E-state index is 0.0624. The van der Waals surface area contributed by atoms with Gasteiger partial charge >= 0.3 is 6.03 Å². The van der Waals surface area contributed by atoms with Gasteiger partial charge in [0.15, 0.2) is 16.6 Å². The van der Waals surface area contributed by atoms with Crippen LogP contribution in [-0.4, -0.2) is 43.7 Å². The summed E-state index contributed by atoms with van der Waals surface area (Å²) in [7, 11) is 3.10. The zero-order valence-corrected chi connectivity index (χ0v) is 15.6. The van der Waals surface area contributed by atoms with Crippen molar-refractivity contribution in [2.45, 2.75) is 19.4 Å². The molecule has 1 aliphatic heterocycles. The molecule has 138 valence electrons.